The number of rotatable bonds is 10. The normalized spacial score (nSPS) is 26.4. The number of para-hydroxylation sites is 1. The zero-order valence-electron chi connectivity index (χ0n) is 20.1. The largest absolute Gasteiger partial charge is 0.462 e. The van der Waals surface area contributed by atoms with Gasteiger partial charge >= 0.3 is 19.4 Å². The van der Waals surface area contributed by atoms with E-state index in [1.165, 1.54) is 20.0 Å². The summed E-state index contributed by atoms with van der Waals surface area (Å²) in [7, 11) is -4.22. The van der Waals surface area contributed by atoms with Crippen LogP contribution in [0.5, 0.6) is 5.75 Å². The third-order valence-electron chi connectivity index (χ3n) is 5.26. The van der Waals surface area contributed by atoms with Crippen LogP contribution in [0.2, 0.25) is 0 Å². The standard InChI is InChI=1S/C22H29ClN3O9P/c1-13(2)33-19(29)14(3)25-36(31,35-15-8-6-5-7-9-15)32-12-16-18(28)22(4,23)20(34-16)26-11-10-17(27)24-21(26)30/h5-11,13-14,16,18,20,28H,12H2,1-4H3,(H,25,31)(H,24,27,30)/t14-,16?,18-,20-,22-,36?/m1/s1. The summed E-state index contributed by atoms with van der Waals surface area (Å²) in [5.74, 6) is -0.473. The molecule has 0 saturated carbocycles. The fourth-order valence-electron chi connectivity index (χ4n) is 3.47. The molecule has 1 aromatic carbocycles. The molecule has 3 N–H and O–H groups in total. The van der Waals surface area contributed by atoms with Crippen molar-refractivity contribution in [2.24, 2.45) is 0 Å². The zero-order chi connectivity index (χ0) is 26.7. The van der Waals surface area contributed by atoms with Crippen molar-refractivity contribution in [3.05, 3.63) is 63.4 Å². The number of ether oxygens (including phenoxy) is 2. The van der Waals surface area contributed by atoms with Crippen LogP contribution in [0.3, 0.4) is 0 Å². The molecule has 0 amide bonds. The Hall–Kier alpha value is -2.47. The molecule has 0 aliphatic carbocycles. The number of halogens is 1. The number of hydrogen-bond acceptors (Lipinski definition) is 9. The highest BCUT2D eigenvalue weighted by atomic mass is 35.5. The second kappa shape index (κ2) is 11.3. The second-order valence-electron chi connectivity index (χ2n) is 8.67. The summed E-state index contributed by atoms with van der Waals surface area (Å²) >= 11 is 6.52. The molecule has 1 saturated heterocycles. The second-order valence-corrected chi connectivity index (χ2v) is 11.2. The fourth-order valence-corrected chi connectivity index (χ4v) is 5.27. The van der Waals surface area contributed by atoms with Crippen LogP contribution in [0.1, 0.15) is 33.9 Å². The number of aliphatic hydroxyl groups is 1. The molecule has 1 fully saturated rings. The highest BCUT2D eigenvalue weighted by Gasteiger charge is 2.54. The molecule has 14 heteroatoms. The summed E-state index contributed by atoms with van der Waals surface area (Å²) in [6.45, 7) is 5.75. The maximum Gasteiger partial charge on any atom is 0.459 e. The molecule has 2 aromatic rings. The number of aromatic amines is 1. The van der Waals surface area contributed by atoms with E-state index in [4.69, 9.17) is 30.1 Å². The van der Waals surface area contributed by atoms with Gasteiger partial charge < -0.3 is 19.1 Å². The van der Waals surface area contributed by atoms with Crippen LogP contribution in [-0.4, -0.2) is 56.5 Å². The first kappa shape index (κ1) is 28.1. The lowest BCUT2D eigenvalue weighted by Gasteiger charge is -2.26. The highest BCUT2D eigenvalue weighted by Crippen LogP contribution is 2.48. The molecule has 0 bridgehead atoms. The first-order valence-electron chi connectivity index (χ1n) is 11.1. The van der Waals surface area contributed by atoms with Crippen LogP contribution in [0.25, 0.3) is 0 Å². The number of H-pyrrole nitrogens is 1. The molecule has 36 heavy (non-hydrogen) atoms. The van der Waals surface area contributed by atoms with Gasteiger partial charge in [0, 0.05) is 12.3 Å². The summed E-state index contributed by atoms with van der Waals surface area (Å²) in [5, 5.41) is 13.3. The van der Waals surface area contributed by atoms with E-state index in [1.54, 1.807) is 44.2 Å². The SMILES string of the molecule is CC(C)OC(=O)[C@@H](C)NP(=O)(OCC1O[C@@H](n2ccc(=O)[nH]c2=O)[C@](C)(Cl)[C@@H]1O)Oc1ccccc1. The summed E-state index contributed by atoms with van der Waals surface area (Å²) in [5.41, 5.74) is -1.40. The van der Waals surface area contributed by atoms with Gasteiger partial charge in [-0.15, -0.1) is 11.6 Å². The van der Waals surface area contributed by atoms with E-state index in [0.717, 1.165) is 10.6 Å². The van der Waals surface area contributed by atoms with E-state index < -0.39 is 67.0 Å². The van der Waals surface area contributed by atoms with Crippen LogP contribution in [0, 0.1) is 0 Å². The third-order valence-corrected chi connectivity index (χ3v) is 7.31. The number of carbonyl (C=O) groups is 1. The fraction of sp³-hybridized carbons (Fsp3) is 0.500. The summed E-state index contributed by atoms with van der Waals surface area (Å²) in [6.07, 6.45) is -2.92. The minimum atomic E-state index is -4.22. The van der Waals surface area contributed by atoms with Gasteiger partial charge in [0.2, 0.25) is 0 Å². The number of aliphatic hydroxyl groups excluding tert-OH is 1. The van der Waals surface area contributed by atoms with Gasteiger partial charge in [0.15, 0.2) is 6.23 Å². The Morgan fingerprint density at radius 2 is 1.94 bits per heavy atom. The Kier molecular flexibility index (Phi) is 8.81. The molecule has 6 atom stereocenters. The minimum absolute atomic E-state index is 0.200. The molecule has 198 valence electrons. The topological polar surface area (TPSA) is 158 Å². The van der Waals surface area contributed by atoms with E-state index in [1.807, 2.05) is 0 Å². The Bertz CT molecular complexity index is 1220. The summed E-state index contributed by atoms with van der Waals surface area (Å²) < 4.78 is 36.7. The number of nitrogens with one attached hydrogen (secondary N) is 2. The van der Waals surface area contributed by atoms with E-state index in [2.05, 4.69) is 10.1 Å². The number of alkyl halides is 1. The predicted octanol–water partition coefficient (Wildman–Crippen LogP) is 1.93. The number of carbonyl (C=O) groups excluding carboxylic acids is 1. The van der Waals surface area contributed by atoms with Gasteiger partial charge in [0.05, 0.1) is 12.7 Å². The van der Waals surface area contributed by atoms with Crippen molar-refractivity contribution in [3.63, 3.8) is 0 Å². The van der Waals surface area contributed by atoms with Crippen LogP contribution in [-0.2, 0) is 23.4 Å². The van der Waals surface area contributed by atoms with Gasteiger partial charge in [-0.3, -0.25) is 23.7 Å². The number of hydrogen-bond donors (Lipinski definition) is 3. The Balaban J connectivity index is 1.80. The van der Waals surface area contributed by atoms with E-state index in [-0.39, 0.29) is 5.75 Å². The molecule has 3 rings (SSSR count). The molecular formula is C22H29ClN3O9P. The predicted molar refractivity (Wildman–Crippen MR) is 130 cm³/mol. The maximum atomic E-state index is 13.6. The molecule has 1 aliphatic heterocycles. The molecule has 1 aromatic heterocycles. The Morgan fingerprint density at radius 1 is 1.28 bits per heavy atom. The quantitative estimate of drug-likeness (QED) is 0.229. The average molecular weight is 546 g/mol. The van der Waals surface area contributed by atoms with Crippen molar-refractivity contribution in [1.82, 2.24) is 14.6 Å². The van der Waals surface area contributed by atoms with Gasteiger partial charge in [0.1, 0.15) is 28.9 Å². The highest BCUT2D eigenvalue weighted by molar-refractivity contribution is 7.52. The van der Waals surface area contributed by atoms with Gasteiger partial charge in [-0.1, -0.05) is 18.2 Å². The van der Waals surface area contributed by atoms with Crippen molar-refractivity contribution in [1.29, 1.82) is 0 Å². The van der Waals surface area contributed by atoms with Crippen LogP contribution < -0.4 is 20.9 Å². The van der Waals surface area contributed by atoms with Crippen molar-refractivity contribution in [2.75, 3.05) is 6.61 Å². The van der Waals surface area contributed by atoms with Crippen LogP contribution in [0.15, 0.2) is 52.2 Å². The Labute approximate surface area is 212 Å². The minimum Gasteiger partial charge on any atom is -0.462 e. The zero-order valence-corrected chi connectivity index (χ0v) is 21.8. The van der Waals surface area contributed by atoms with Crippen molar-refractivity contribution in [3.8, 4) is 5.75 Å². The molecule has 0 spiro atoms. The van der Waals surface area contributed by atoms with Gasteiger partial charge in [-0.2, -0.15) is 5.09 Å². The van der Waals surface area contributed by atoms with Crippen molar-refractivity contribution in [2.45, 2.75) is 63.2 Å². The lowest BCUT2D eigenvalue weighted by atomic mass is 10.0. The molecule has 0 radical (unpaired) electrons. The first-order chi connectivity index (χ1) is 16.8. The smallest absolute Gasteiger partial charge is 0.459 e. The van der Waals surface area contributed by atoms with E-state index in [9.17, 15) is 24.1 Å². The molecule has 2 unspecified atom stereocenters. The monoisotopic (exact) mass is 545 g/mol. The number of benzene rings is 1. The molecule has 1 aliphatic rings. The lowest BCUT2D eigenvalue weighted by Crippen LogP contribution is -2.43. The summed E-state index contributed by atoms with van der Waals surface area (Å²) in [4.78, 5) is 36.5. The first-order valence-corrected chi connectivity index (χ1v) is 13.1. The van der Waals surface area contributed by atoms with Gasteiger partial charge in [0.25, 0.3) is 5.56 Å². The number of esters is 1. The van der Waals surface area contributed by atoms with Crippen LogP contribution >= 0.6 is 19.3 Å². The van der Waals surface area contributed by atoms with Crippen molar-refractivity contribution < 1.29 is 33.0 Å². The van der Waals surface area contributed by atoms with Crippen LogP contribution in [0.4, 0.5) is 0 Å². The number of aromatic nitrogens is 2. The van der Waals surface area contributed by atoms with Crippen molar-refractivity contribution >= 4 is 25.3 Å². The Morgan fingerprint density at radius 3 is 2.56 bits per heavy atom. The van der Waals surface area contributed by atoms with E-state index in [0.29, 0.717) is 0 Å². The maximum absolute atomic E-state index is 13.6. The number of nitrogens with zero attached hydrogens (tertiary/aromatic N) is 1. The molecular weight excluding hydrogens is 517 g/mol. The summed E-state index contributed by atoms with van der Waals surface area (Å²) in [6, 6.07) is 8.18. The van der Waals surface area contributed by atoms with Gasteiger partial charge in [-0.25, -0.2) is 9.36 Å². The lowest BCUT2D eigenvalue weighted by molar-refractivity contribution is -0.149. The van der Waals surface area contributed by atoms with Gasteiger partial charge in [-0.05, 0) is 39.8 Å². The van der Waals surface area contributed by atoms with E-state index >= 15 is 0 Å². The average Bonchev–Trinajstić information content (AvgIpc) is 3.01. The third kappa shape index (κ3) is 6.64. The molecule has 2 heterocycles. The molecule has 12 nitrogen and oxygen atoms in total.